The van der Waals surface area contributed by atoms with Gasteiger partial charge in [-0.05, 0) is 65.7 Å². The van der Waals surface area contributed by atoms with E-state index in [4.69, 9.17) is 5.11 Å². The summed E-state index contributed by atoms with van der Waals surface area (Å²) in [7, 11) is 0. The van der Waals surface area contributed by atoms with Gasteiger partial charge in [0.25, 0.3) is 0 Å². The molecular formula is C24H37NO5S. The van der Waals surface area contributed by atoms with Gasteiger partial charge in [0.05, 0.1) is 5.92 Å². The highest BCUT2D eigenvalue weighted by atomic mass is 32.2. The summed E-state index contributed by atoms with van der Waals surface area (Å²) in [6.45, 7) is 8.47. The number of carbonyl (C=O) groups excluding carboxylic acids is 1. The second-order valence-corrected chi connectivity index (χ2v) is 9.68. The minimum absolute atomic E-state index is 0.0751. The molecule has 0 spiro atoms. The van der Waals surface area contributed by atoms with E-state index in [1.54, 1.807) is 0 Å². The van der Waals surface area contributed by atoms with Crippen molar-refractivity contribution in [1.29, 1.82) is 0 Å². The summed E-state index contributed by atoms with van der Waals surface area (Å²) < 4.78 is 0. The fraction of sp³-hybridized carbons (Fsp3) is 0.625. The number of aliphatic carboxylic acids is 2. The van der Waals surface area contributed by atoms with E-state index >= 15 is 0 Å². The highest BCUT2D eigenvalue weighted by molar-refractivity contribution is 7.99. The molecule has 1 aliphatic rings. The SMILES string of the molecule is CC(C)=CCCC(C)=CCCC(C)=CCSCC(NC(=O)CC1CC1C(=O)O)C(=O)O. The van der Waals surface area contributed by atoms with Gasteiger partial charge in [-0.1, -0.05) is 34.9 Å². The summed E-state index contributed by atoms with van der Waals surface area (Å²) in [6.07, 6.45) is 11.4. The second-order valence-electron chi connectivity index (χ2n) is 8.60. The molecule has 1 rings (SSSR count). The van der Waals surface area contributed by atoms with Crippen molar-refractivity contribution in [3.8, 4) is 0 Å². The number of carboxylic acids is 2. The van der Waals surface area contributed by atoms with Gasteiger partial charge < -0.3 is 15.5 Å². The Hall–Kier alpha value is -2.02. The maximum absolute atomic E-state index is 12.0. The molecule has 1 fully saturated rings. The molecule has 174 valence electrons. The summed E-state index contributed by atoms with van der Waals surface area (Å²) in [5, 5.41) is 20.7. The standard InChI is InChI=1S/C24H37NO5S/c1-16(2)7-5-8-17(3)9-6-10-18(4)11-12-31-15-21(24(29)30)25-22(26)14-19-13-20(19)23(27)28/h7,9,11,19-21H,5-6,8,10,12-15H2,1-4H3,(H,25,26)(H,27,28)(H,29,30). The van der Waals surface area contributed by atoms with E-state index < -0.39 is 23.9 Å². The molecule has 31 heavy (non-hydrogen) atoms. The van der Waals surface area contributed by atoms with E-state index in [0.717, 1.165) is 25.7 Å². The summed E-state index contributed by atoms with van der Waals surface area (Å²) in [6, 6.07) is -0.959. The van der Waals surface area contributed by atoms with Crippen LogP contribution in [0.15, 0.2) is 34.9 Å². The van der Waals surface area contributed by atoms with Crippen LogP contribution >= 0.6 is 11.8 Å². The lowest BCUT2D eigenvalue weighted by Gasteiger charge is -2.14. The van der Waals surface area contributed by atoms with Crippen LogP contribution in [0.1, 0.15) is 66.2 Å². The van der Waals surface area contributed by atoms with Crippen molar-refractivity contribution < 1.29 is 24.6 Å². The average molecular weight is 452 g/mol. The fourth-order valence-corrected chi connectivity index (χ4v) is 4.17. The number of allylic oxidation sites excluding steroid dienone is 5. The fourth-order valence-electron chi connectivity index (χ4n) is 3.17. The number of hydrogen-bond donors (Lipinski definition) is 3. The van der Waals surface area contributed by atoms with Crippen LogP contribution in [0, 0.1) is 11.8 Å². The van der Waals surface area contributed by atoms with E-state index in [9.17, 15) is 19.5 Å². The smallest absolute Gasteiger partial charge is 0.327 e. The molecule has 3 unspecified atom stereocenters. The molecule has 0 aromatic heterocycles. The Morgan fingerprint density at radius 2 is 1.61 bits per heavy atom. The van der Waals surface area contributed by atoms with Gasteiger partial charge in [-0.2, -0.15) is 11.8 Å². The van der Waals surface area contributed by atoms with Crippen LogP contribution in [-0.4, -0.2) is 45.6 Å². The maximum Gasteiger partial charge on any atom is 0.327 e. The predicted molar refractivity (Wildman–Crippen MR) is 126 cm³/mol. The van der Waals surface area contributed by atoms with Gasteiger partial charge in [-0.25, -0.2) is 4.79 Å². The monoisotopic (exact) mass is 451 g/mol. The molecule has 1 saturated carbocycles. The zero-order chi connectivity index (χ0) is 23.4. The lowest BCUT2D eigenvalue weighted by molar-refractivity contribution is -0.141. The third-order valence-electron chi connectivity index (χ3n) is 5.28. The van der Waals surface area contributed by atoms with E-state index in [1.807, 2.05) is 0 Å². The predicted octanol–water partition coefficient (Wildman–Crippen LogP) is 4.82. The summed E-state index contributed by atoms with van der Waals surface area (Å²) in [5.41, 5.74) is 4.02. The molecule has 0 aromatic carbocycles. The number of nitrogens with one attached hydrogen (secondary N) is 1. The minimum atomic E-state index is -1.07. The average Bonchev–Trinajstić information content (AvgIpc) is 3.43. The molecule has 6 nitrogen and oxygen atoms in total. The summed E-state index contributed by atoms with van der Waals surface area (Å²) in [4.78, 5) is 34.2. The maximum atomic E-state index is 12.0. The second kappa shape index (κ2) is 14.1. The zero-order valence-electron chi connectivity index (χ0n) is 19.1. The van der Waals surface area contributed by atoms with Gasteiger partial charge >= 0.3 is 11.9 Å². The minimum Gasteiger partial charge on any atom is -0.481 e. The first-order chi connectivity index (χ1) is 14.6. The van der Waals surface area contributed by atoms with Gasteiger partial charge in [0.2, 0.25) is 5.91 Å². The Kier molecular flexibility index (Phi) is 12.3. The van der Waals surface area contributed by atoms with E-state index in [2.05, 4.69) is 51.2 Å². The molecule has 0 bridgehead atoms. The Bertz CT molecular complexity index is 721. The first-order valence-corrected chi connectivity index (χ1v) is 12.0. The van der Waals surface area contributed by atoms with Crippen molar-refractivity contribution in [2.24, 2.45) is 11.8 Å². The highest BCUT2D eigenvalue weighted by Gasteiger charge is 2.44. The molecule has 0 heterocycles. The van der Waals surface area contributed by atoms with Gasteiger partial charge in [-0.3, -0.25) is 9.59 Å². The number of rotatable bonds is 15. The van der Waals surface area contributed by atoms with Crippen LogP contribution in [0.2, 0.25) is 0 Å². The molecule has 3 N–H and O–H groups in total. The van der Waals surface area contributed by atoms with Crippen molar-refractivity contribution in [2.45, 2.75) is 72.3 Å². The number of hydrogen-bond acceptors (Lipinski definition) is 4. The molecule has 0 aliphatic heterocycles. The molecule has 0 aromatic rings. The van der Waals surface area contributed by atoms with Crippen molar-refractivity contribution >= 4 is 29.6 Å². The van der Waals surface area contributed by atoms with Gasteiger partial charge in [0, 0.05) is 17.9 Å². The first-order valence-electron chi connectivity index (χ1n) is 10.9. The number of carboxylic acid groups (broad SMARTS) is 2. The first kappa shape index (κ1) is 27.0. The van der Waals surface area contributed by atoms with Crippen molar-refractivity contribution in [1.82, 2.24) is 5.32 Å². The quantitative estimate of drug-likeness (QED) is 0.244. The van der Waals surface area contributed by atoms with Crippen LogP contribution in [0.3, 0.4) is 0 Å². The lowest BCUT2D eigenvalue weighted by Crippen LogP contribution is -2.42. The Morgan fingerprint density at radius 3 is 2.16 bits per heavy atom. The Morgan fingerprint density at radius 1 is 1.00 bits per heavy atom. The van der Waals surface area contributed by atoms with Crippen LogP contribution < -0.4 is 5.32 Å². The van der Waals surface area contributed by atoms with Crippen LogP contribution in [0.5, 0.6) is 0 Å². The largest absolute Gasteiger partial charge is 0.481 e. The molecule has 3 atom stereocenters. The summed E-state index contributed by atoms with van der Waals surface area (Å²) in [5.74, 6) is -2.01. The normalized spacial score (nSPS) is 19.5. The van der Waals surface area contributed by atoms with Gasteiger partial charge in [0.1, 0.15) is 6.04 Å². The number of carbonyl (C=O) groups is 3. The Labute approximate surface area is 190 Å². The van der Waals surface area contributed by atoms with Crippen molar-refractivity contribution in [3.63, 3.8) is 0 Å². The Balaban J connectivity index is 2.28. The highest BCUT2D eigenvalue weighted by Crippen LogP contribution is 2.41. The molecule has 1 aliphatic carbocycles. The molecule has 0 saturated heterocycles. The molecular weight excluding hydrogens is 414 g/mol. The van der Waals surface area contributed by atoms with E-state index in [1.165, 1.54) is 28.5 Å². The topological polar surface area (TPSA) is 104 Å². The van der Waals surface area contributed by atoms with Gasteiger partial charge in [0.15, 0.2) is 0 Å². The van der Waals surface area contributed by atoms with Crippen LogP contribution in [-0.2, 0) is 14.4 Å². The van der Waals surface area contributed by atoms with Crippen LogP contribution in [0.4, 0.5) is 0 Å². The van der Waals surface area contributed by atoms with Gasteiger partial charge in [-0.15, -0.1) is 0 Å². The van der Waals surface area contributed by atoms with Crippen molar-refractivity contribution in [3.05, 3.63) is 34.9 Å². The van der Waals surface area contributed by atoms with E-state index in [-0.39, 0.29) is 24.0 Å². The van der Waals surface area contributed by atoms with Crippen LogP contribution in [0.25, 0.3) is 0 Å². The van der Waals surface area contributed by atoms with E-state index in [0.29, 0.717) is 12.2 Å². The lowest BCUT2D eigenvalue weighted by atomic mass is 10.1. The number of amides is 1. The van der Waals surface area contributed by atoms with Crippen molar-refractivity contribution in [2.75, 3.05) is 11.5 Å². The molecule has 7 heteroatoms. The third-order valence-corrected chi connectivity index (χ3v) is 6.25. The third kappa shape index (κ3) is 12.4. The molecule has 0 radical (unpaired) electrons. The molecule has 1 amide bonds. The zero-order valence-corrected chi connectivity index (χ0v) is 20.0. The summed E-state index contributed by atoms with van der Waals surface area (Å²) >= 11 is 1.47. The number of thioether (sulfide) groups is 1.